The molecule has 0 spiro atoms. The van der Waals surface area contributed by atoms with Crippen LogP contribution in [-0.2, 0) is 4.79 Å². The van der Waals surface area contributed by atoms with E-state index in [-0.39, 0.29) is 0 Å². The van der Waals surface area contributed by atoms with Gasteiger partial charge in [-0.25, -0.2) is 0 Å². The van der Waals surface area contributed by atoms with E-state index in [1.165, 1.54) is 0 Å². The lowest BCUT2D eigenvalue weighted by molar-refractivity contribution is -0.209. The zero-order chi connectivity index (χ0) is 14.6. The first-order valence-electron chi connectivity index (χ1n) is 6.20. The first-order valence-corrected chi connectivity index (χ1v) is 4.07. The number of hydrogen-bond acceptors (Lipinski definition) is 6. The molecule has 0 amide bonds. The summed E-state index contributed by atoms with van der Waals surface area (Å²) in [5, 5.41) is 47.5. The molecule has 0 rings (SSSR count). The molecule has 0 bridgehead atoms. The van der Waals surface area contributed by atoms with Crippen molar-refractivity contribution in [3.63, 3.8) is 0 Å². The summed E-state index contributed by atoms with van der Waals surface area (Å²) in [6.45, 7) is -4.10. The maximum atomic E-state index is 11.4. The molecular formula is C9H18O6. The van der Waals surface area contributed by atoms with Crippen molar-refractivity contribution in [1.82, 2.24) is 0 Å². The lowest BCUT2D eigenvalue weighted by Gasteiger charge is -2.41. The van der Waals surface area contributed by atoms with Crippen molar-refractivity contribution >= 4 is 5.78 Å². The summed E-state index contributed by atoms with van der Waals surface area (Å²) in [6.07, 6.45) is -4.09. The van der Waals surface area contributed by atoms with Crippen molar-refractivity contribution in [2.45, 2.75) is 44.1 Å². The topological polar surface area (TPSA) is 118 Å². The van der Waals surface area contributed by atoms with Crippen LogP contribution in [0.1, 0.15) is 24.8 Å². The minimum atomic E-state index is -2.86. The van der Waals surface area contributed by atoms with Gasteiger partial charge in [-0.3, -0.25) is 4.79 Å². The Bertz CT molecular complexity index is 291. The summed E-state index contributed by atoms with van der Waals surface area (Å²) in [4.78, 5) is 11.4. The van der Waals surface area contributed by atoms with Crippen LogP contribution in [0.4, 0.5) is 0 Å². The van der Waals surface area contributed by atoms with Gasteiger partial charge in [-0.15, -0.1) is 0 Å². The Morgan fingerprint density at radius 1 is 1.40 bits per heavy atom. The van der Waals surface area contributed by atoms with Gasteiger partial charge in [-0.2, -0.15) is 0 Å². The first kappa shape index (κ1) is 9.68. The van der Waals surface area contributed by atoms with E-state index >= 15 is 0 Å². The third-order valence-corrected chi connectivity index (χ3v) is 2.22. The third kappa shape index (κ3) is 2.53. The molecule has 6 nitrogen and oxygen atoms in total. The van der Waals surface area contributed by atoms with Gasteiger partial charge in [-0.1, -0.05) is 0 Å². The van der Waals surface area contributed by atoms with Gasteiger partial charge < -0.3 is 25.5 Å². The van der Waals surface area contributed by atoms with E-state index in [9.17, 15) is 25.2 Å². The molecule has 0 saturated carbocycles. The average Bonchev–Trinajstić information content (AvgIpc) is 2.42. The van der Waals surface area contributed by atoms with E-state index in [0.29, 0.717) is 0 Å². The summed E-state index contributed by atoms with van der Waals surface area (Å²) >= 11 is 0. The molecule has 0 aromatic rings. The summed E-state index contributed by atoms with van der Waals surface area (Å²) in [6, 6.07) is 0. The van der Waals surface area contributed by atoms with Crippen LogP contribution in [0.25, 0.3) is 0 Å². The lowest BCUT2D eigenvalue weighted by atomic mass is 9.77. The summed E-state index contributed by atoms with van der Waals surface area (Å²) in [5.74, 6) is -1.25. The van der Waals surface area contributed by atoms with Crippen molar-refractivity contribution < 1.29 is 34.4 Å². The highest BCUT2D eigenvalue weighted by atomic mass is 16.4. The Hall–Kier alpha value is -0.530. The summed E-state index contributed by atoms with van der Waals surface area (Å²) in [5.41, 5.74) is -5.69. The minimum Gasteiger partial charge on any atom is -0.394 e. The van der Waals surface area contributed by atoms with Gasteiger partial charge in [-0.05, 0) is 20.7 Å². The standard InChI is InChI=1S/C9H18O6/c1-5(11)8(2,14)9(3,15)7(13)6(12)4-10/h6-7,10,12-15H,4H2,1-3H3/t6-,7+,8+,9+/m1/s1/i1D,2D,3D. The zero-order valence-electron chi connectivity index (χ0n) is 11.1. The molecule has 6 heteroatoms. The minimum absolute atomic E-state index is 0.959. The van der Waals surface area contributed by atoms with Crippen LogP contribution in [0.2, 0.25) is 0 Å². The van der Waals surface area contributed by atoms with Gasteiger partial charge in [0.25, 0.3) is 0 Å². The Balaban J connectivity index is 5.54. The molecular weight excluding hydrogens is 204 g/mol. The number of aliphatic hydroxyl groups excluding tert-OH is 3. The summed E-state index contributed by atoms with van der Waals surface area (Å²) < 4.78 is 21.1. The predicted molar refractivity (Wildman–Crippen MR) is 51.0 cm³/mol. The molecule has 0 aromatic carbocycles. The van der Waals surface area contributed by atoms with Crippen molar-refractivity contribution in [2.24, 2.45) is 0 Å². The number of ketones is 1. The van der Waals surface area contributed by atoms with Crippen molar-refractivity contribution in [3.05, 3.63) is 0 Å². The van der Waals surface area contributed by atoms with Crippen molar-refractivity contribution in [3.8, 4) is 0 Å². The number of carbonyl (C=O) groups is 1. The second-order valence-electron chi connectivity index (χ2n) is 3.40. The van der Waals surface area contributed by atoms with Crippen LogP contribution in [0.3, 0.4) is 0 Å². The van der Waals surface area contributed by atoms with Crippen LogP contribution in [0.5, 0.6) is 0 Å². The molecule has 0 aliphatic heterocycles. The average molecular weight is 225 g/mol. The van der Waals surface area contributed by atoms with E-state index in [4.69, 9.17) is 9.22 Å². The van der Waals surface area contributed by atoms with Gasteiger partial charge in [0.05, 0.1) is 6.61 Å². The third-order valence-electron chi connectivity index (χ3n) is 2.22. The highest BCUT2D eigenvalue weighted by Crippen LogP contribution is 2.28. The second-order valence-corrected chi connectivity index (χ2v) is 3.40. The Kier molecular flexibility index (Phi) is 2.93. The molecule has 0 heterocycles. The quantitative estimate of drug-likeness (QED) is 0.362. The molecule has 4 atom stereocenters. The fourth-order valence-electron chi connectivity index (χ4n) is 0.904. The van der Waals surface area contributed by atoms with Gasteiger partial charge in [0.1, 0.15) is 17.8 Å². The molecule has 5 N–H and O–H groups in total. The Labute approximate surface area is 92.0 Å². The molecule has 0 radical (unpaired) electrons. The van der Waals surface area contributed by atoms with Gasteiger partial charge in [0.2, 0.25) is 0 Å². The largest absolute Gasteiger partial charge is 0.394 e. The van der Waals surface area contributed by atoms with Gasteiger partial charge in [0.15, 0.2) is 11.4 Å². The highest BCUT2D eigenvalue weighted by molar-refractivity contribution is 5.85. The molecule has 0 aliphatic rings. The Morgan fingerprint density at radius 2 is 2.00 bits per heavy atom. The molecule has 0 unspecified atom stereocenters. The van der Waals surface area contributed by atoms with Crippen molar-refractivity contribution in [1.29, 1.82) is 0 Å². The molecule has 90 valence electrons. The Morgan fingerprint density at radius 3 is 2.33 bits per heavy atom. The van der Waals surface area contributed by atoms with Crippen LogP contribution >= 0.6 is 0 Å². The van der Waals surface area contributed by atoms with E-state index in [1.807, 2.05) is 0 Å². The maximum absolute atomic E-state index is 11.4. The van der Waals surface area contributed by atoms with E-state index < -0.39 is 56.5 Å². The van der Waals surface area contributed by atoms with Crippen LogP contribution in [0, 0.1) is 0 Å². The second kappa shape index (κ2) is 4.54. The highest BCUT2D eigenvalue weighted by Gasteiger charge is 2.52. The summed E-state index contributed by atoms with van der Waals surface area (Å²) in [7, 11) is 0. The van der Waals surface area contributed by atoms with E-state index in [0.717, 1.165) is 0 Å². The normalized spacial score (nSPS) is 26.3. The first-order chi connectivity index (χ1) is 8.24. The maximum Gasteiger partial charge on any atom is 0.164 e. The fraction of sp³-hybridized carbons (Fsp3) is 0.889. The molecule has 0 saturated heterocycles. The number of rotatable bonds is 5. The number of hydrogen-bond donors (Lipinski definition) is 5. The molecule has 0 fully saturated rings. The SMILES string of the molecule is [2H]CC(=O)[C@@](O)(C[2H])[C@](O)(C[2H])[C@@H](O)[C@H](O)CO. The zero-order valence-corrected chi connectivity index (χ0v) is 8.13. The van der Waals surface area contributed by atoms with E-state index in [1.54, 1.807) is 0 Å². The van der Waals surface area contributed by atoms with Crippen LogP contribution in [-0.4, -0.2) is 61.3 Å². The van der Waals surface area contributed by atoms with Gasteiger partial charge >= 0.3 is 0 Å². The molecule has 15 heavy (non-hydrogen) atoms. The fourth-order valence-corrected chi connectivity index (χ4v) is 0.904. The van der Waals surface area contributed by atoms with Crippen molar-refractivity contribution in [2.75, 3.05) is 6.61 Å². The smallest absolute Gasteiger partial charge is 0.164 e. The monoisotopic (exact) mass is 225 g/mol. The lowest BCUT2D eigenvalue weighted by Crippen LogP contribution is -2.64. The van der Waals surface area contributed by atoms with E-state index in [2.05, 4.69) is 0 Å². The van der Waals surface area contributed by atoms with Gasteiger partial charge in [0, 0.05) is 4.11 Å². The molecule has 0 aromatic heterocycles. The van der Waals surface area contributed by atoms with Crippen LogP contribution < -0.4 is 0 Å². The number of aliphatic hydroxyl groups is 5. The number of carbonyl (C=O) groups excluding carboxylic acids is 1. The molecule has 0 aliphatic carbocycles. The number of Topliss-reactive ketones (excluding diaryl/α,β-unsaturated/α-hetero) is 1. The predicted octanol–water partition coefficient (Wildman–Crippen LogP) is -2.21. The van der Waals surface area contributed by atoms with Crippen LogP contribution in [0.15, 0.2) is 0 Å².